The number of nitrogens with one attached hydrogen (secondary N) is 1. The SMILES string of the molecule is CC(C)Nc1ccccc1C(=O)N1CC(C)SC(C)C1. The second-order valence-electron chi connectivity index (χ2n) is 5.81. The zero-order chi connectivity index (χ0) is 14.7. The lowest BCUT2D eigenvalue weighted by Crippen LogP contribution is -2.44. The summed E-state index contributed by atoms with van der Waals surface area (Å²) in [5.41, 5.74) is 1.72. The fourth-order valence-corrected chi connectivity index (χ4v) is 3.95. The van der Waals surface area contributed by atoms with E-state index in [0.717, 1.165) is 24.3 Å². The lowest BCUT2D eigenvalue weighted by atomic mass is 10.1. The summed E-state index contributed by atoms with van der Waals surface area (Å²) < 4.78 is 0. The molecule has 0 aliphatic carbocycles. The van der Waals surface area contributed by atoms with Gasteiger partial charge < -0.3 is 10.2 Å². The summed E-state index contributed by atoms with van der Waals surface area (Å²) in [4.78, 5) is 14.8. The van der Waals surface area contributed by atoms with Crippen LogP contribution in [0.1, 0.15) is 38.1 Å². The third kappa shape index (κ3) is 3.69. The van der Waals surface area contributed by atoms with Gasteiger partial charge in [0.05, 0.1) is 5.56 Å². The van der Waals surface area contributed by atoms with Crippen molar-refractivity contribution in [2.45, 2.75) is 44.2 Å². The Hall–Kier alpha value is -1.16. The number of thioether (sulfide) groups is 1. The molecule has 2 rings (SSSR count). The number of hydrogen-bond acceptors (Lipinski definition) is 3. The number of anilines is 1. The van der Waals surface area contributed by atoms with Gasteiger partial charge in [0.2, 0.25) is 0 Å². The third-order valence-corrected chi connectivity index (χ3v) is 4.54. The molecule has 1 heterocycles. The molecule has 3 nitrogen and oxygen atoms in total. The quantitative estimate of drug-likeness (QED) is 0.926. The van der Waals surface area contributed by atoms with Gasteiger partial charge in [-0.2, -0.15) is 11.8 Å². The van der Waals surface area contributed by atoms with Crippen molar-refractivity contribution >= 4 is 23.4 Å². The number of carbonyl (C=O) groups excluding carboxylic acids is 1. The van der Waals surface area contributed by atoms with Crippen LogP contribution >= 0.6 is 11.8 Å². The topological polar surface area (TPSA) is 32.3 Å². The van der Waals surface area contributed by atoms with E-state index in [9.17, 15) is 4.79 Å². The highest BCUT2D eigenvalue weighted by molar-refractivity contribution is 8.00. The number of amides is 1. The Balaban J connectivity index is 2.20. The highest BCUT2D eigenvalue weighted by atomic mass is 32.2. The second-order valence-corrected chi connectivity index (χ2v) is 7.69. The van der Waals surface area contributed by atoms with Gasteiger partial charge in [-0.1, -0.05) is 26.0 Å². The summed E-state index contributed by atoms with van der Waals surface area (Å²) in [6.07, 6.45) is 0. The predicted octanol–water partition coefficient (Wildman–Crippen LogP) is 3.47. The average Bonchev–Trinajstić information content (AvgIpc) is 2.36. The Kier molecular flexibility index (Phi) is 4.97. The van der Waals surface area contributed by atoms with Gasteiger partial charge in [-0.15, -0.1) is 0 Å². The van der Waals surface area contributed by atoms with Crippen LogP contribution in [0.25, 0.3) is 0 Å². The van der Waals surface area contributed by atoms with Gasteiger partial charge in [-0.05, 0) is 26.0 Å². The van der Waals surface area contributed by atoms with Crippen molar-refractivity contribution in [3.05, 3.63) is 29.8 Å². The minimum atomic E-state index is 0.146. The Labute approximate surface area is 126 Å². The summed E-state index contributed by atoms with van der Waals surface area (Å²) in [6, 6.07) is 8.13. The van der Waals surface area contributed by atoms with Gasteiger partial charge in [0, 0.05) is 35.3 Å². The van der Waals surface area contributed by atoms with Crippen LogP contribution in [0, 0.1) is 0 Å². The van der Waals surface area contributed by atoms with E-state index < -0.39 is 0 Å². The van der Waals surface area contributed by atoms with Gasteiger partial charge in [0.25, 0.3) is 5.91 Å². The number of para-hydroxylation sites is 1. The van der Waals surface area contributed by atoms with E-state index in [4.69, 9.17) is 0 Å². The van der Waals surface area contributed by atoms with E-state index in [1.54, 1.807) is 0 Å². The first kappa shape index (κ1) is 15.2. The van der Waals surface area contributed by atoms with Crippen molar-refractivity contribution in [1.29, 1.82) is 0 Å². The average molecular weight is 292 g/mol. The molecule has 1 fully saturated rings. The summed E-state index contributed by atoms with van der Waals surface area (Å²) in [6.45, 7) is 10.2. The van der Waals surface area contributed by atoms with Crippen molar-refractivity contribution in [1.82, 2.24) is 4.90 Å². The van der Waals surface area contributed by atoms with Crippen LogP contribution in [-0.2, 0) is 0 Å². The lowest BCUT2D eigenvalue weighted by molar-refractivity contribution is 0.0754. The summed E-state index contributed by atoms with van der Waals surface area (Å²) in [5, 5.41) is 4.38. The fourth-order valence-electron chi connectivity index (χ4n) is 2.62. The van der Waals surface area contributed by atoms with Crippen LogP contribution < -0.4 is 5.32 Å². The minimum Gasteiger partial charge on any atom is -0.382 e. The Bertz CT molecular complexity index is 465. The van der Waals surface area contributed by atoms with Crippen molar-refractivity contribution < 1.29 is 4.79 Å². The molecule has 1 aromatic carbocycles. The number of nitrogens with zero attached hydrogens (tertiary/aromatic N) is 1. The van der Waals surface area contributed by atoms with Gasteiger partial charge in [-0.3, -0.25) is 4.79 Å². The molecule has 0 aromatic heterocycles. The van der Waals surface area contributed by atoms with Crippen LogP contribution in [-0.4, -0.2) is 40.4 Å². The first-order chi connectivity index (χ1) is 9.47. The van der Waals surface area contributed by atoms with E-state index in [1.165, 1.54) is 0 Å². The fraction of sp³-hybridized carbons (Fsp3) is 0.562. The van der Waals surface area contributed by atoms with E-state index in [2.05, 4.69) is 33.0 Å². The maximum Gasteiger partial charge on any atom is 0.256 e. The lowest BCUT2D eigenvalue weighted by Gasteiger charge is -2.35. The first-order valence-electron chi connectivity index (χ1n) is 7.27. The molecule has 0 saturated carbocycles. The van der Waals surface area contributed by atoms with Gasteiger partial charge >= 0.3 is 0 Å². The first-order valence-corrected chi connectivity index (χ1v) is 8.22. The maximum absolute atomic E-state index is 12.8. The van der Waals surface area contributed by atoms with E-state index in [1.807, 2.05) is 40.9 Å². The molecular weight excluding hydrogens is 268 g/mol. The van der Waals surface area contributed by atoms with Crippen LogP contribution in [0.2, 0.25) is 0 Å². The zero-order valence-electron chi connectivity index (χ0n) is 12.7. The number of carbonyl (C=O) groups is 1. The van der Waals surface area contributed by atoms with Crippen LogP contribution in [0.3, 0.4) is 0 Å². The van der Waals surface area contributed by atoms with Crippen molar-refractivity contribution in [3.63, 3.8) is 0 Å². The molecule has 1 aromatic rings. The molecule has 1 aliphatic rings. The molecule has 20 heavy (non-hydrogen) atoms. The third-order valence-electron chi connectivity index (χ3n) is 3.31. The Morgan fingerprint density at radius 3 is 2.45 bits per heavy atom. The number of hydrogen-bond donors (Lipinski definition) is 1. The monoisotopic (exact) mass is 292 g/mol. The molecule has 0 spiro atoms. The zero-order valence-corrected chi connectivity index (χ0v) is 13.5. The van der Waals surface area contributed by atoms with Gasteiger partial charge in [0.1, 0.15) is 0 Å². The summed E-state index contributed by atoms with van der Waals surface area (Å²) in [5.74, 6) is 0.146. The molecule has 1 N–H and O–H groups in total. The molecular formula is C16H24N2OS. The predicted molar refractivity (Wildman–Crippen MR) is 87.6 cm³/mol. The normalized spacial score (nSPS) is 22.9. The molecule has 1 aliphatic heterocycles. The van der Waals surface area contributed by atoms with E-state index >= 15 is 0 Å². The van der Waals surface area contributed by atoms with Crippen LogP contribution in [0.4, 0.5) is 5.69 Å². The Morgan fingerprint density at radius 1 is 1.25 bits per heavy atom. The molecule has 110 valence electrons. The van der Waals surface area contributed by atoms with Crippen LogP contribution in [0.15, 0.2) is 24.3 Å². The van der Waals surface area contributed by atoms with Crippen molar-refractivity contribution in [2.75, 3.05) is 18.4 Å². The highest BCUT2D eigenvalue weighted by Crippen LogP contribution is 2.27. The molecule has 2 atom stereocenters. The summed E-state index contributed by atoms with van der Waals surface area (Å²) >= 11 is 1.96. The molecule has 0 radical (unpaired) electrons. The minimum absolute atomic E-state index is 0.146. The van der Waals surface area contributed by atoms with Gasteiger partial charge in [0.15, 0.2) is 0 Å². The van der Waals surface area contributed by atoms with Gasteiger partial charge in [-0.25, -0.2) is 0 Å². The highest BCUT2D eigenvalue weighted by Gasteiger charge is 2.27. The largest absolute Gasteiger partial charge is 0.382 e. The van der Waals surface area contributed by atoms with E-state index in [-0.39, 0.29) is 5.91 Å². The molecule has 1 amide bonds. The Morgan fingerprint density at radius 2 is 1.85 bits per heavy atom. The maximum atomic E-state index is 12.8. The molecule has 4 heteroatoms. The summed E-state index contributed by atoms with van der Waals surface area (Å²) in [7, 11) is 0. The second kappa shape index (κ2) is 6.53. The van der Waals surface area contributed by atoms with Crippen molar-refractivity contribution in [2.24, 2.45) is 0 Å². The van der Waals surface area contributed by atoms with Crippen LogP contribution in [0.5, 0.6) is 0 Å². The van der Waals surface area contributed by atoms with E-state index in [0.29, 0.717) is 16.5 Å². The standard InChI is InChI=1S/C16H24N2OS/c1-11(2)17-15-8-6-5-7-14(15)16(19)18-9-12(3)20-13(4)10-18/h5-8,11-13,17H,9-10H2,1-4H3. The molecule has 2 unspecified atom stereocenters. The number of benzene rings is 1. The smallest absolute Gasteiger partial charge is 0.256 e. The van der Waals surface area contributed by atoms with Crippen molar-refractivity contribution in [3.8, 4) is 0 Å². The number of rotatable bonds is 3. The molecule has 0 bridgehead atoms. The molecule has 1 saturated heterocycles.